The minimum Gasteiger partial charge on any atom is -0.469 e. The predicted molar refractivity (Wildman–Crippen MR) is 71.5 cm³/mol. The molecule has 90 valence electrons. The van der Waals surface area contributed by atoms with Crippen molar-refractivity contribution in [2.75, 3.05) is 26.7 Å². The van der Waals surface area contributed by atoms with Gasteiger partial charge in [-0.2, -0.15) is 0 Å². The molecule has 0 aliphatic rings. The zero-order chi connectivity index (χ0) is 11.0. The molecular formula is C9H20IN3O2. The number of carbonyl (C=O) groups is 1. The van der Waals surface area contributed by atoms with Gasteiger partial charge in [0.1, 0.15) is 0 Å². The molecule has 0 amide bonds. The number of aliphatic imine (C=N–C) groups is 1. The lowest BCUT2D eigenvalue weighted by molar-refractivity contribution is -0.140. The highest BCUT2D eigenvalue weighted by Crippen LogP contribution is 1.89. The summed E-state index contributed by atoms with van der Waals surface area (Å²) < 4.78 is 4.48. The van der Waals surface area contributed by atoms with Crippen LogP contribution >= 0.6 is 24.0 Å². The zero-order valence-corrected chi connectivity index (χ0v) is 11.9. The van der Waals surface area contributed by atoms with Crippen molar-refractivity contribution in [2.45, 2.75) is 20.3 Å². The third-order valence-electron chi connectivity index (χ3n) is 1.90. The molecule has 0 aromatic rings. The number of esters is 1. The van der Waals surface area contributed by atoms with E-state index in [4.69, 9.17) is 5.73 Å². The summed E-state index contributed by atoms with van der Waals surface area (Å²) in [6.45, 7) is 6.04. The van der Waals surface area contributed by atoms with E-state index in [9.17, 15) is 4.79 Å². The standard InChI is InChI=1S/C9H19N3O2.HI/c1-4-12(5-2)9(10)11-7-6-8(13)14-3;/h4-7H2,1-3H3,(H2,10,11);1H. The van der Waals surface area contributed by atoms with Gasteiger partial charge in [-0.05, 0) is 13.8 Å². The molecule has 0 aliphatic heterocycles. The number of halogens is 1. The van der Waals surface area contributed by atoms with E-state index in [-0.39, 0.29) is 36.4 Å². The van der Waals surface area contributed by atoms with E-state index in [2.05, 4.69) is 9.73 Å². The molecule has 0 aromatic carbocycles. The van der Waals surface area contributed by atoms with Gasteiger partial charge in [-0.15, -0.1) is 24.0 Å². The van der Waals surface area contributed by atoms with Crippen LogP contribution in [0.5, 0.6) is 0 Å². The van der Waals surface area contributed by atoms with Gasteiger partial charge in [0.25, 0.3) is 0 Å². The van der Waals surface area contributed by atoms with E-state index in [0.717, 1.165) is 13.1 Å². The van der Waals surface area contributed by atoms with Crippen molar-refractivity contribution in [3.05, 3.63) is 0 Å². The molecule has 0 unspecified atom stereocenters. The van der Waals surface area contributed by atoms with Crippen molar-refractivity contribution in [2.24, 2.45) is 10.7 Å². The van der Waals surface area contributed by atoms with Gasteiger partial charge in [-0.25, -0.2) is 0 Å². The molecule has 0 fully saturated rings. The summed E-state index contributed by atoms with van der Waals surface area (Å²) in [6, 6.07) is 0. The summed E-state index contributed by atoms with van der Waals surface area (Å²) in [4.78, 5) is 16.8. The van der Waals surface area contributed by atoms with Gasteiger partial charge in [-0.3, -0.25) is 9.79 Å². The Hall–Kier alpha value is -0.530. The van der Waals surface area contributed by atoms with Gasteiger partial charge in [0.05, 0.1) is 20.1 Å². The first-order valence-electron chi connectivity index (χ1n) is 4.77. The molecule has 0 heterocycles. The third-order valence-corrected chi connectivity index (χ3v) is 1.90. The number of carbonyl (C=O) groups excluding carboxylic acids is 1. The van der Waals surface area contributed by atoms with Crippen LogP contribution < -0.4 is 5.73 Å². The molecule has 0 aromatic heterocycles. The molecule has 6 heteroatoms. The topological polar surface area (TPSA) is 67.9 Å². The minimum atomic E-state index is -0.263. The highest BCUT2D eigenvalue weighted by molar-refractivity contribution is 14.0. The number of guanidine groups is 1. The number of hydrogen-bond acceptors (Lipinski definition) is 3. The summed E-state index contributed by atoms with van der Waals surface area (Å²) in [5.41, 5.74) is 5.69. The minimum absolute atomic E-state index is 0. The molecule has 5 nitrogen and oxygen atoms in total. The Morgan fingerprint density at radius 3 is 2.33 bits per heavy atom. The highest BCUT2D eigenvalue weighted by atomic mass is 127. The Morgan fingerprint density at radius 2 is 1.93 bits per heavy atom. The number of methoxy groups -OCH3 is 1. The fraction of sp³-hybridized carbons (Fsp3) is 0.778. The molecule has 0 saturated carbocycles. The van der Waals surface area contributed by atoms with Crippen molar-refractivity contribution in [3.63, 3.8) is 0 Å². The summed E-state index contributed by atoms with van der Waals surface area (Å²) in [5.74, 6) is 0.222. The van der Waals surface area contributed by atoms with Crippen LogP contribution in [0.2, 0.25) is 0 Å². The van der Waals surface area contributed by atoms with E-state index in [1.54, 1.807) is 0 Å². The van der Waals surface area contributed by atoms with Crippen LogP contribution in [0.15, 0.2) is 4.99 Å². The number of ether oxygens (including phenoxy) is 1. The fourth-order valence-electron chi connectivity index (χ4n) is 1.01. The first-order valence-corrected chi connectivity index (χ1v) is 4.77. The quantitative estimate of drug-likeness (QED) is 0.351. The number of nitrogens with zero attached hydrogens (tertiary/aromatic N) is 2. The molecule has 0 bridgehead atoms. The molecule has 0 aliphatic carbocycles. The Kier molecular flexibility index (Phi) is 11.3. The van der Waals surface area contributed by atoms with Crippen molar-refractivity contribution in [1.82, 2.24) is 4.90 Å². The van der Waals surface area contributed by atoms with Crippen LogP contribution in [0, 0.1) is 0 Å². The Morgan fingerprint density at radius 1 is 1.40 bits per heavy atom. The summed E-state index contributed by atoms with van der Waals surface area (Å²) in [5, 5.41) is 0. The molecule has 0 atom stereocenters. The second kappa shape index (κ2) is 10.0. The highest BCUT2D eigenvalue weighted by Gasteiger charge is 2.02. The number of rotatable bonds is 5. The fourth-order valence-corrected chi connectivity index (χ4v) is 1.01. The monoisotopic (exact) mass is 329 g/mol. The third kappa shape index (κ3) is 7.40. The van der Waals surface area contributed by atoms with Gasteiger partial charge in [-0.1, -0.05) is 0 Å². The van der Waals surface area contributed by atoms with Crippen LogP contribution in [0.1, 0.15) is 20.3 Å². The zero-order valence-electron chi connectivity index (χ0n) is 9.52. The van der Waals surface area contributed by atoms with Gasteiger partial charge in [0, 0.05) is 13.1 Å². The van der Waals surface area contributed by atoms with E-state index < -0.39 is 0 Å². The molecule has 0 spiro atoms. The largest absolute Gasteiger partial charge is 0.469 e. The van der Waals surface area contributed by atoms with Gasteiger partial charge in [0.15, 0.2) is 5.96 Å². The lowest BCUT2D eigenvalue weighted by Crippen LogP contribution is -2.37. The van der Waals surface area contributed by atoms with Crippen LogP contribution in [-0.4, -0.2) is 43.6 Å². The van der Waals surface area contributed by atoms with E-state index in [0.29, 0.717) is 12.5 Å². The van der Waals surface area contributed by atoms with E-state index in [1.807, 2.05) is 18.7 Å². The van der Waals surface area contributed by atoms with Crippen LogP contribution in [0.4, 0.5) is 0 Å². The molecule has 0 rings (SSSR count). The second-order valence-electron chi connectivity index (χ2n) is 2.74. The van der Waals surface area contributed by atoms with Crippen LogP contribution in [0.3, 0.4) is 0 Å². The maximum absolute atomic E-state index is 10.8. The Labute approximate surface area is 108 Å². The van der Waals surface area contributed by atoms with Crippen LogP contribution in [0.25, 0.3) is 0 Å². The summed E-state index contributed by atoms with van der Waals surface area (Å²) >= 11 is 0. The number of nitrogens with two attached hydrogens (primary N) is 1. The average molecular weight is 329 g/mol. The average Bonchev–Trinajstić information content (AvgIpc) is 2.19. The SMILES string of the molecule is CCN(CC)C(N)=NCCC(=O)OC.I. The van der Waals surface area contributed by atoms with Gasteiger partial charge >= 0.3 is 5.97 Å². The van der Waals surface area contributed by atoms with Crippen molar-refractivity contribution >= 4 is 35.9 Å². The molecule has 0 radical (unpaired) electrons. The predicted octanol–water partition coefficient (Wildman–Crippen LogP) is 0.824. The second-order valence-corrected chi connectivity index (χ2v) is 2.74. The molecule has 15 heavy (non-hydrogen) atoms. The first-order chi connectivity index (χ1) is 6.65. The normalized spacial score (nSPS) is 10.5. The smallest absolute Gasteiger partial charge is 0.307 e. The summed E-state index contributed by atoms with van der Waals surface area (Å²) in [7, 11) is 1.36. The van der Waals surface area contributed by atoms with Gasteiger partial charge < -0.3 is 15.4 Å². The molecule has 0 saturated heterocycles. The lowest BCUT2D eigenvalue weighted by Gasteiger charge is -2.19. The maximum Gasteiger partial charge on any atom is 0.307 e. The van der Waals surface area contributed by atoms with Crippen molar-refractivity contribution < 1.29 is 9.53 Å². The first kappa shape index (κ1) is 16.9. The summed E-state index contributed by atoms with van der Waals surface area (Å²) in [6.07, 6.45) is 0.276. The van der Waals surface area contributed by atoms with Crippen molar-refractivity contribution in [3.8, 4) is 0 Å². The van der Waals surface area contributed by atoms with E-state index >= 15 is 0 Å². The number of hydrogen-bond donors (Lipinski definition) is 1. The Bertz CT molecular complexity index is 206. The Balaban J connectivity index is 0. The molecule has 2 N–H and O–H groups in total. The van der Waals surface area contributed by atoms with Crippen molar-refractivity contribution in [1.29, 1.82) is 0 Å². The van der Waals surface area contributed by atoms with E-state index in [1.165, 1.54) is 7.11 Å². The van der Waals surface area contributed by atoms with Gasteiger partial charge in [0.2, 0.25) is 0 Å². The van der Waals surface area contributed by atoms with Crippen LogP contribution in [-0.2, 0) is 9.53 Å². The molecular weight excluding hydrogens is 309 g/mol. The lowest BCUT2D eigenvalue weighted by atomic mass is 10.4. The maximum atomic E-state index is 10.8.